The van der Waals surface area contributed by atoms with E-state index in [1.165, 1.54) is 13.1 Å². The molecule has 1 aromatic heterocycles. The first-order valence-corrected chi connectivity index (χ1v) is 6.52. The molecule has 0 saturated heterocycles. The van der Waals surface area contributed by atoms with Crippen molar-refractivity contribution in [2.24, 2.45) is 0 Å². The molecule has 1 amide bonds. The van der Waals surface area contributed by atoms with E-state index in [4.69, 9.17) is 9.84 Å². The number of hydrogen-bond acceptors (Lipinski definition) is 5. The number of carboxylic acids is 1. The number of carboxylic acid groups (broad SMARTS) is 1. The standard InChI is InChI=1S/C15H15N3O4/c1-9-13(15(20)21)7-16-14(17-9)8-22-12-5-3-11(4-6-12)18-10(2)19/h3-7H,8H2,1-2H3,(H,18,19)(H,20,21). The summed E-state index contributed by atoms with van der Waals surface area (Å²) in [4.78, 5) is 29.8. The van der Waals surface area contributed by atoms with E-state index in [1.54, 1.807) is 31.2 Å². The lowest BCUT2D eigenvalue weighted by Crippen LogP contribution is -2.08. The second kappa shape index (κ2) is 6.66. The highest BCUT2D eigenvalue weighted by atomic mass is 16.5. The summed E-state index contributed by atoms with van der Waals surface area (Å²) in [5, 5.41) is 11.6. The van der Waals surface area contributed by atoms with Crippen molar-refractivity contribution in [1.29, 1.82) is 0 Å². The molecule has 1 heterocycles. The molecule has 2 rings (SSSR count). The predicted octanol–water partition coefficient (Wildman–Crippen LogP) is 2.02. The lowest BCUT2D eigenvalue weighted by Gasteiger charge is -2.08. The Kier molecular flexibility index (Phi) is 4.67. The van der Waals surface area contributed by atoms with Gasteiger partial charge in [-0.25, -0.2) is 14.8 Å². The van der Waals surface area contributed by atoms with Crippen molar-refractivity contribution >= 4 is 17.6 Å². The van der Waals surface area contributed by atoms with Crippen molar-refractivity contribution < 1.29 is 19.4 Å². The number of carbonyl (C=O) groups is 2. The van der Waals surface area contributed by atoms with Gasteiger partial charge in [0.2, 0.25) is 5.91 Å². The van der Waals surface area contributed by atoms with Crippen molar-refractivity contribution in [1.82, 2.24) is 9.97 Å². The molecule has 0 spiro atoms. The van der Waals surface area contributed by atoms with E-state index in [9.17, 15) is 9.59 Å². The van der Waals surface area contributed by atoms with Gasteiger partial charge in [0.15, 0.2) is 5.82 Å². The molecule has 1 aromatic carbocycles. The Morgan fingerprint density at radius 1 is 1.27 bits per heavy atom. The number of carbonyl (C=O) groups excluding carboxylic acids is 1. The maximum Gasteiger partial charge on any atom is 0.339 e. The van der Waals surface area contributed by atoms with Gasteiger partial charge in [0.1, 0.15) is 12.4 Å². The highest BCUT2D eigenvalue weighted by Gasteiger charge is 2.10. The van der Waals surface area contributed by atoms with Crippen molar-refractivity contribution in [2.45, 2.75) is 20.5 Å². The number of nitrogens with zero attached hydrogens (tertiary/aromatic N) is 2. The first kappa shape index (κ1) is 15.4. The highest BCUT2D eigenvalue weighted by Crippen LogP contribution is 2.16. The Balaban J connectivity index is 1.99. The average Bonchev–Trinajstić information content (AvgIpc) is 2.45. The molecule has 114 valence electrons. The summed E-state index contributed by atoms with van der Waals surface area (Å²) in [6, 6.07) is 6.86. The molecule has 0 bridgehead atoms. The number of rotatable bonds is 5. The number of ether oxygens (including phenoxy) is 1. The fraction of sp³-hybridized carbons (Fsp3) is 0.200. The predicted molar refractivity (Wildman–Crippen MR) is 78.8 cm³/mol. The van der Waals surface area contributed by atoms with Crippen LogP contribution in [0.5, 0.6) is 5.75 Å². The van der Waals surface area contributed by atoms with E-state index in [-0.39, 0.29) is 18.1 Å². The van der Waals surface area contributed by atoms with Gasteiger partial charge in [-0.3, -0.25) is 4.79 Å². The molecule has 2 aromatic rings. The van der Waals surface area contributed by atoms with E-state index in [2.05, 4.69) is 15.3 Å². The van der Waals surface area contributed by atoms with Crippen LogP contribution in [0.15, 0.2) is 30.5 Å². The molecule has 7 nitrogen and oxygen atoms in total. The van der Waals surface area contributed by atoms with Crippen molar-refractivity contribution in [3.63, 3.8) is 0 Å². The maximum absolute atomic E-state index is 10.9. The van der Waals surface area contributed by atoms with Gasteiger partial charge in [0.05, 0.1) is 11.3 Å². The Morgan fingerprint density at radius 2 is 1.95 bits per heavy atom. The number of aryl methyl sites for hydroxylation is 1. The van der Waals surface area contributed by atoms with Gasteiger partial charge in [-0.15, -0.1) is 0 Å². The fourth-order valence-corrected chi connectivity index (χ4v) is 1.78. The SMILES string of the molecule is CC(=O)Nc1ccc(OCc2ncc(C(=O)O)c(C)n2)cc1. The van der Waals surface area contributed by atoms with Gasteiger partial charge in [-0.2, -0.15) is 0 Å². The van der Waals surface area contributed by atoms with Crippen LogP contribution in [0.4, 0.5) is 5.69 Å². The second-order valence-corrected chi connectivity index (χ2v) is 4.58. The Hall–Kier alpha value is -2.96. The molecule has 22 heavy (non-hydrogen) atoms. The summed E-state index contributed by atoms with van der Waals surface area (Å²) in [6.45, 7) is 3.17. The molecule has 0 atom stereocenters. The third-order valence-electron chi connectivity index (χ3n) is 2.80. The molecule has 2 N–H and O–H groups in total. The topological polar surface area (TPSA) is 101 Å². The number of anilines is 1. The summed E-state index contributed by atoms with van der Waals surface area (Å²) < 4.78 is 5.52. The normalized spacial score (nSPS) is 10.1. The van der Waals surface area contributed by atoms with Crippen LogP contribution in [0.25, 0.3) is 0 Å². The quantitative estimate of drug-likeness (QED) is 0.876. The van der Waals surface area contributed by atoms with Crippen LogP contribution in [0, 0.1) is 6.92 Å². The minimum atomic E-state index is -1.06. The van der Waals surface area contributed by atoms with Gasteiger partial charge < -0.3 is 15.2 Å². The highest BCUT2D eigenvalue weighted by molar-refractivity contribution is 5.88. The lowest BCUT2D eigenvalue weighted by molar-refractivity contribution is -0.114. The van der Waals surface area contributed by atoms with Gasteiger partial charge >= 0.3 is 5.97 Å². The zero-order valence-electron chi connectivity index (χ0n) is 12.2. The summed E-state index contributed by atoms with van der Waals surface area (Å²) in [5.74, 6) is -0.208. The molecule has 0 aliphatic rings. The summed E-state index contributed by atoms with van der Waals surface area (Å²) in [7, 11) is 0. The van der Waals surface area contributed by atoms with Crippen LogP contribution >= 0.6 is 0 Å². The molecule has 0 aliphatic carbocycles. The van der Waals surface area contributed by atoms with Gasteiger partial charge in [-0.05, 0) is 31.2 Å². The summed E-state index contributed by atoms with van der Waals surface area (Å²) in [5.41, 5.74) is 1.14. The van der Waals surface area contributed by atoms with E-state index < -0.39 is 5.97 Å². The zero-order valence-corrected chi connectivity index (χ0v) is 12.2. The molecular weight excluding hydrogens is 286 g/mol. The van der Waals surface area contributed by atoms with Crippen LogP contribution in [0.1, 0.15) is 28.8 Å². The zero-order chi connectivity index (χ0) is 16.1. The van der Waals surface area contributed by atoms with Crippen LogP contribution in [0.2, 0.25) is 0 Å². The van der Waals surface area contributed by atoms with E-state index in [1.807, 2.05) is 0 Å². The van der Waals surface area contributed by atoms with Crippen LogP contribution in [-0.2, 0) is 11.4 Å². The fourth-order valence-electron chi connectivity index (χ4n) is 1.78. The van der Waals surface area contributed by atoms with Gasteiger partial charge in [0, 0.05) is 18.8 Å². The minimum Gasteiger partial charge on any atom is -0.486 e. The van der Waals surface area contributed by atoms with E-state index in [0.29, 0.717) is 23.0 Å². The molecule has 0 aliphatic heterocycles. The van der Waals surface area contributed by atoms with E-state index >= 15 is 0 Å². The molecule has 0 saturated carbocycles. The number of benzene rings is 1. The number of nitrogens with one attached hydrogen (secondary N) is 1. The Morgan fingerprint density at radius 3 is 2.50 bits per heavy atom. The number of aromatic nitrogens is 2. The summed E-state index contributed by atoms with van der Waals surface area (Å²) >= 11 is 0. The van der Waals surface area contributed by atoms with Crippen molar-refractivity contribution in [3.05, 3.63) is 47.5 Å². The minimum absolute atomic E-state index is 0.0726. The lowest BCUT2D eigenvalue weighted by atomic mass is 10.2. The number of hydrogen-bond donors (Lipinski definition) is 2. The van der Waals surface area contributed by atoms with Crippen molar-refractivity contribution in [2.75, 3.05) is 5.32 Å². The smallest absolute Gasteiger partial charge is 0.339 e. The molecule has 7 heteroatoms. The Labute approximate surface area is 127 Å². The molecule has 0 unspecified atom stereocenters. The molecule has 0 fully saturated rings. The maximum atomic E-state index is 10.9. The first-order chi connectivity index (χ1) is 10.5. The summed E-state index contributed by atoms with van der Waals surface area (Å²) in [6.07, 6.45) is 1.27. The van der Waals surface area contributed by atoms with Gasteiger partial charge in [0.25, 0.3) is 0 Å². The van der Waals surface area contributed by atoms with Gasteiger partial charge in [-0.1, -0.05) is 0 Å². The molecular formula is C15H15N3O4. The van der Waals surface area contributed by atoms with Crippen LogP contribution in [-0.4, -0.2) is 27.0 Å². The van der Waals surface area contributed by atoms with Crippen LogP contribution < -0.4 is 10.1 Å². The third kappa shape index (κ3) is 4.02. The number of aromatic carboxylic acids is 1. The number of amides is 1. The van der Waals surface area contributed by atoms with Crippen molar-refractivity contribution in [3.8, 4) is 5.75 Å². The first-order valence-electron chi connectivity index (χ1n) is 6.52. The van der Waals surface area contributed by atoms with Crippen LogP contribution in [0.3, 0.4) is 0 Å². The second-order valence-electron chi connectivity index (χ2n) is 4.58. The largest absolute Gasteiger partial charge is 0.486 e. The monoisotopic (exact) mass is 301 g/mol. The Bertz CT molecular complexity index is 698. The molecule has 0 radical (unpaired) electrons. The third-order valence-corrected chi connectivity index (χ3v) is 2.80. The average molecular weight is 301 g/mol. The van der Waals surface area contributed by atoms with E-state index in [0.717, 1.165) is 0 Å².